The van der Waals surface area contributed by atoms with E-state index in [0.29, 0.717) is 54.6 Å². The molecule has 184 valence electrons. The molecule has 2 atom stereocenters. The summed E-state index contributed by atoms with van der Waals surface area (Å²) in [6.07, 6.45) is -2.47. The predicted octanol–water partition coefficient (Wildman–Crippen LogP) is 3.61. The molecule has 11 heteroatoms. The van der Waals surface area contributed by atoms with Gasteiger partial charge in [-0.25, -0.2) is 4.98 Å². The number of hydrogen-bond acceptors (Lipinski definition) is 7. The molecule has 35 heavy (non-hydrogen) atoms. The number of nitrogens with zero attached hydrogens (tertiary/aromatic N) is 5. The second-order valence-electron chi connectivity index (χ2n) is 8.59. The van der Waals surface area contributed by atoms with Gasteiger partial charge < -0.3 is 15.2 Å². The van der Waals surface area contributed by atoms with Gasteiger partial charge in [0, 0.05) is 43.9 Å². The average molecular weight is 486 g/mol. The largest absolute Gasteiger partial charge is 0.491 e. The van der Waals surface area contributed by atoms with Crippen molar-refractivity contribution < 1.29 is 22.6 Å². The molecule has 2 unspecified atom stereocenters. The molecule has 0 bridgehead atoms. The van der Waals surface area contributed by atoms with E-state index in [1.54, 1.807) is 29.7 Å². The lowest BCUT2D eigenvalue weighted by molar-refractivity contribution is -0.183. The summed E-state index contributed by atoms with van der Waals surface area (Å²) in [7, 11) is 1.60. The minimum atomic E-state index is -4.45. The Labute approximate surface area is 199 Å². The van der Waals surface area contributed by atoms with Gasteiger partial charge in [-0.1, -0.05) is 12.1 Å². The zero-order valence-electron chi connectivity index (χ0n) is 19.1. The molecule has 5 rings (SSSR count). The van der Waals surface area contributed by atoms with Crippen molar-refractivity contribution in [3.05, 3.63) is 54.2 Å². The minimum absolute atomic E-state index is 0.106. The number of ether oxygens (including phenoxy) is 2. The van der Waals surface area contributed by atoms with Gasteiger partial charge in [0.1, 0.15) is 24.1 Å². The summed E-state index contributed by atoms with van der Waals surface area (Å²) in [6, 6.07) is 10.2. The highest BCUT2D eigenvalue weighted by Gasteiger charge is 2.46. The standard InChI is InChI=1S/C24H25F3N6O2/c1-34-10-11-35-18-5-2-15-3-6-19(29-20(15)12-18)23-31-30-21-7-4-16(13-33(21)23)22(24(25,26)27)32-9-8-17(28)14-32/h2-7,12-13,17,22H,8-11,14,28H2,1H3. The van der Waals surface area contributed by atoms with Crippen LogP contribution < -0.4 is 10.5 Å². The molecule has 1 saturated heterocycles. The minimum Gasteiger partial charge on any atom is -0.491 e. The molecule has 1 aliphatic rings. The number of rotatable bonds is 7. The van der Waals surface area contributed by atoms with Crippen LogP contribution in [0.4, 0.5) is 13.2 Å². The van der Waals surface area contributed by atoms with Crippen LogP contribution in [-0.2, 0) is 4.74 Å². The van der Waals surface area contributed by atoms with Crippen LogP contribution in [0.3, 0.4) is 0 Å². The molecule has 0 aliphatic carbocycles. The quantitative estimate of drug-likeness (QED) is 0.399. The molecular formula is C24H25F3N6O2. The lowest BCUT2D eigenvalue weighted by Crippen LogP contribution is -2.38. The van der Waals surface area contributed by atoms with Gasteiger partial charge in [-0.3, -0.25) is 9.30 Å². The smallest absolute Gasteiger partial charge is 0.408 e. The number of methoxy groups -OCH3 is 1. The highest BCUT2D eigenvalue weighted by Crippen LogP contribution is 2.39. The summed E-state index contributed by atoms with van der Waals surface area (Å²) in [5.41, 5.74) is 7.59. The maximum Gasteiger partial charge on any atom is 0.408 e. The third kappa shape index (κ3) is 4.79. The average Bonchev–Trinajstić information content (AvgIpc) is 3.44. The summed E-state index contributed by atoms with van der Waals surface area (Å²) < 4.78 is 54.5. The van der Waals surface area contributed by atoms with Gasteiger partial charge in [0.2, 0.25) is 0 Å². The normalized spacial score (nSPS) is 17.9. The van der Waals surface area contributed by atoms with E-state index in [2.05, 4.69) is 15.2 Å². The second-order valence-corrected chi connectivity index (χ2v) is 8.59. The van der Waals surface area contributed by atoms with Crippen LogP contribution in [0, 0.1) is 0 Å². The van der Waals surface area contributed by atoms with Crippen LogP contribution in [-0.4, -0.2) is 70.1 Å². The van der Waals surface area contributed by atoms with Gasteiger partial charge in [-0.05, 0) is 36.2 Å². The fourth-order valence-electron chi connectivity index (χ4n) is 4.45. The Morgan fingerprint density at radius 1 is 1.11 bits per heavy atom. The molecule has 4 aromatic rings. The maximum absolute atomic E-state index is 14.1. The second kappa shape index (κ2) is 9.40. The Balaban J connectivity index is 1.52. The van der Waals surface area contributed by atoms with Crippen LogP contribution in [0.2, 0.25) is 0 Å². The Hall–Kier alpha value is -3.28. The van der Waals surface area contributed by atoms with Gasteiger partial charge in [-0.15, -0.1) is 10.2 Å². The fourth-order valence-corrected chi connectivity index (χ4v) is 4.45. The molecule has 1 fully saturated rings. The van der Waals surface area contributed by atoms with Gasteiger partial charge >= 0.3 is 6.18 Å². The van der Waals surface area contributed by atoms with E-state index in [0.717, 1.165) is 5.39 Å². The first kappa shape index (κ1) is 23.5. The molecule has 1 aromatic carbocycles. The molecule has 2 N–H and O–H groups in total. The zero-order valence-corrected chi connectivity index (χ0v) is 19.1. The van der Waals surface area contributed by atoms with Gasteiger partial charge in [0.05, 0.1) is 12.1 Å². The van der Waals surface area contributed by atoms with Gasteiger partial charge in [-0.2, -0.15) is 13.2 Å². The van der Waals surface area contributed by atoms with Crippen molar-refractivity contribution in [2.45, 2.75) is 24.7 Å². The van der Waals surface area contributed by atoms with E-state index in [9.17, 15) is 13.2 Å². The van der Waals surface area contributed by atoms with Crippen LogP contribution in [0.1, 0.15) is 18.0 Å². The Bertz CT molecular complexity index is 1340. The van der Waals surface area contributed by atoms with Crippen molar-refractivity contribution in [2.75, 3.05) is 33.4 Å². The van der Waals surface area contributed by atoms with E-state index >= 15 is 0 Å². The number of nitrogens with two attached hydrogens (primary N) is 1. The topological polar surface area (TPSA) is 90.8 Å². The third-order valence-electron chi connectivity index (χ3n) is 6.12. The Kier molecular flexibility index (Phi) is 6.30. The first-order valence-electron chi connectivity index (χ1n) is 11.3. The number of hydrogen-bond donors (Lipinski definition) is 1. The first-order valence-corrected chi connectivity index (χ1v) is 11.3. The number of halogens is 3. The third-order valence-corrected chi connectivity index (χ3v) is 6.12. The van der Waals surface area contributed by atoms with Gasteiger partial charge in [0.15, 0.2) is 11.5 Å². The molecule has 0 radical (unpaired) electrons. The molecule has 0 amide bonds. The molecule has 4 heterocycles. The lowest BCUT2D eigenvalue weighted by atomic mass is 10.1. The number of likely N-dealkylation sites (tertiary alicyclic amines) is 1. The molecule has 0 saturated carbocycles. The van der Waals surface area contributed by atoms with E-state index < -0.39 is 12.2 Å². The molecular weight excluding hydrogens is 461 g/mol. The molecule has 8 nitrogen and oxygen atoms in total. The van der Waals surface area contributed by atoms with Crippen LogP contribution in [0.15, 0.2) is 48.7 Å². The van der Waals surface area contributed by atoms with Crippen molar-refractivity contribution in [3.63, 3.8) is 0 Å². The predicted molar refractivity (Wildman–Crippen MR) is 124 cm³/mol. The van der Waals surface area contributed by atoms with E-state index in [4.69, 9.17) is 15.2 Å². The SMILES string of the molecule is COCCOc1ccc2ccc(-c3nnc4ccc(C(N5CCC(N)C5)C(F)(F)F)cn34)nc2c1. The number of fused-ring (bicyclic) bond motifs is 2. The first-order chi connectivity index (χ1) is 16.8. The number of benzene rings is 1. The zero-order chi connectivity index (χ0) is 24.6. The fraction of sp³-hybridized carbons (Fsp3) is 0.375. The van der Waals surface area contributed by atoms with Crippen LogP contribution >= 0.6 is 0 Å². The summed E-state index contributed by atoms with van der Waals surface area (Å²) in [6.45, 7) is 1.35. The van der Waals surface area contributed by atoms with Crippen molar-refractivity contribution >= 4 is 16.6 Å². The molecule has 0 spiro atoms. The molecule has 1 aliphatic heterocycles. The maximum atomic E-state index is 14.1. The lowest BCUT2D eigenvalue weighted by Gasteiger charge is -2.30. The van der Waals surface area contributed by atoms with Crippen molar-refractivity contribution in [3.8, 4) is 17.3 Å². The number of aromatic nitrogens is 4. The highest BCUT2D eigenvalue weighted by atomic mass is 19.4. The van der Waals surface area contributed by atoms with Crippen molar-refractivity contribution in [1.29, 1.82) is 0 Å². The Morgan fingerprint density at radius 2 is 1.94 bits per heavy atom. The monoisotopic (exact) mass is 486 g/mol. The Morgan fingerprint density at radius 3 is 2.69 bits per heavy atom. The summed E-state index contributed by atoms with van der Waals surface area (Å²) in [5.74, 6) is 0.998. The van der Waals surface area contributed by atoms with E-state index in [-0.39, 0.29) is 18.2 Å². The molecule has 3 aromatic heterocycles. The summed E-state index contributed by atoms with van der Waals surface area (Å²) in [4.78, 5) is 6.07. The highest BCUT2D eigenvalue weighted by molar-refractivity contribution is 5.82. The number of pyridine rings is 2. The van der Waals surface area contributed by atoms with Crippen LogP contribution in [0.5, 0.6) is 5.75 Å². The van der Waals surface area contributed by atoms with E-state index in [1.165, 1.54) is 17.2 Å². The summed E-state index contributed by atoms with van der Waals surface area (Å²) in [5, 5.41) is 9.24. The number of alkyl halides is 3. The van der Waals surface area contributed by atoms with E-state index in [1.807, 2.05) is 18.2 Å². The van der Waals surface area contributed by atoms with Crippen molar-refractivity contribution in [2.24, 2.45) is 5.73 Å². The summed E-state index contributed by atoms with van der Waals surface area (Å²) >= 11 is 0. The van der Waals surface area contributed by atoms with Crippen LogP contribution in [0.25, 0.3) is 28.1 Å². The van der Waals surface area contributed by atoms with Gasteiger partial charge in [0.25, 0.3) is 0 Å². The van der Waals surface area contributed by atoms with Crippen molar-refractivity contribution in [1.82, 2.24) is 24.5 Å².